The summed E-state index contributed by atoms with van der Waals surface area (Å²) in [6.07, 6.45) is 0. The molecule has 0 heterocycles. The van der Waals surface area contributed by atoms with E-state index < -0.39 is 0 Å². The molecule has 6 aromatic carbocycles. The third-order valence-corrected chi connectivity index (χ3v) is 7.03. The van der Waals surface area contributed by atoms with E-state index in [0.717, 1.165) is 50.2 Å². The Bertz CT molecular complexity index is 1700. The Morgan fingerprint density at radius 2 is 0.825 bits per heavy atom. The second-order valence-corrected chi connectivity index (χ2v) is 9.45. The van der Waals surface area contributed by atoms with E-state index in [1.807, 2.05) is 66.7 Å². The van der Waals surface area contributed by atoms with E-state index in [1.165, 1.54) is 6.07 Å². The van der Waals surface area contributed by atoms with Gasteiger partial charge in [-0.3, -0.25) is 10.1 Å². The van der Waals surface area contributed by atoms with Crippen molar-refractivity contribution in [2.24, 2.45) is 0 Å². The molecule has 40 heavy (non-hydrogen) atoms. The number of hydrogen-bond acceptors (Lipinski definition) is 3. The zero-order chi connectivity index (χ0) is 27.3. The SMILES string of the molecule is O=[N+]([O-])c1ccccc1Nc1c(-c2ccccc2-c2ccccc2)cccc1-c1ccccc1-c1ccccc1. The van der Waals surface area contributed by atoms with E-state index >= 15 is 0 Å². The molecule has 0 bridgehead atoms. The number of hydrogen-bond donors (Lipinski definition) is 1. The second kappa shape index (κ2) is 11.1. The molecule has 0 aromatic heterocycles. The number of nitro groups is 1. The first-order valence-corrected chi connectivity index (χ1v) is 13.1. The number of anilines is 2. The predicted molar refractivity (Wildman–Crippen MR) is 165 cm³/mol. The highest BCUT2D eigenvalue weighted by Crippen LogP contribution is 2.45. The van der Waals surface area contributed by atoms with Crippen molar-refractivity contribution in [1.29, 1.82) is 0 Å². The van der Waals surface area contributed by atoms with Crippen molar-refractivity contribution in [2.45, 2.75) is 0 Å². The number of rotatable bonds is 7. The Morgan fingerprint density at radius 3 is 1.32 bits per heavy atom. The number of nitro benzene ring substituents is 1. The topological polar surface area (TPSA) is 55.2 Å². The highest BCUT2D eigenvalue weighted by molar-refractivity contribution is 6.00. The summed E-state index contributed by atoms with van der Waals surface area (Å²) < 4.78 is 0. The van der Waals surface area contributed by atoms with Crippen LogP contribution in [0.3, 0.4) is 0 Å². The molecule has 0 aliphatic carbocycles. The fraction of sp³-hybridized carbons (Fsp3) is 0. The van der Waals surface area contributed by atoms with Gasteiger partial charge in [0.1, 0.15) is 5.69 Å². The first-order valence-electron chi connectivity index (χ1n) is 13.1. The minimum atomic E-state index is -0.347. The fourth-order valence-corrected chi connectivity index (χ4v) is 5.18. The lowest BCUT2D eigenvalue weighted by Gasteiger charge is -2.21. The van der Waals surface area contributed by atoms with Crippen molar-refractivity contribution in [3.8, 4) is 44.5 Å². The van der Waals surface area contributed by atoms with E-state index in [4.69, 9.17) is 0 Å². The molecule has 0 fully saturated rings. The lowest BCUT2D eigenvalue weighted by Crippen LogP contribution is -2.01. The highest BCUT2D eigenvalue weighted by Gasteiger charge is 2.20. The van der Waals surface area contributed by atoms with Gasteiger partial charge in [0, 0.05) is 17.2 Å². The van der Waals surface area contributed by atoms with Crippen molar-refractivity contribution >= 4 is 17.1 Å². The van der Waals surface area contributed by atoms with Crippen molar-refractivity contribution in [3.63, 3.8) is 0 Å². The summed E-state index contributed by atoms with van der Waals surface area (Å²) in [5, 5.41) is 15.5. The van der Waals surface area contributed by atoms with Gasteiger partial charge >= 0.3 is 0 Å². The van der Waals surface area contributed by atoms with Gasteiger partial charge < -0.3 is 5.32 Å². The molecule has 0 radical (unpaired) electrons. The van der Waals surface area contributed by atoms with Crippen LogP contribution in [0.25, 0.3) is 44.5 Å². The molecule has 0 spiro atoms. The summed E-state index contributed by atoms with van der Waals surface area (Å²) in [5.74, 6) is 0. The molecule has 0 atom stereocenters. The predicted octanol–water partition coefficient (Wildman–Crippen LogP) is 10.0. The largest absolute Gasteiger partial charge is 0.349 e. The molecule has 0 amide bonds. The third-order valence-electron chi connectivity index (χ3n) is 7.03. The minimum absolute atomic E-state index is 0.0240. The van der Waals surface area contributed by atoms with Crippen LogP contribution < -0.4 is 5.32 Å². The summed E-state index contributed by atoms with van der Waals surface area (Å²) in [6.45, 7) is 0. The van der Waals surface area contributed by atoms with Crippen molar-refractivity contribution < 1.29 is 4.92 Å². The van der Waals surface area contributed by atoms with Gasteiger partial charge in [-0.25, -0.2) is 0 Å². The smallest absolute Gasteiger partial charge is 0.292 e. The molecule has 6 rings (SSSR count). The summed E-state index contributed by atoms with van der Waals surface area (Å²) in [5.41, 5.74) is 9.63. The maximum atomic E-state index is 12.0. The summed E-state index contributed by atoms with van der Waals surface area (Å²) in [4.78, 5) is 11.6. The number of benzene rings is 6. The first-order chi connectivity index (χ1) is 19.7. The van der Waals surface area contributed by atoms with Crippen molar-refractivity contribution in [3.05, 3.63) is 162 Å². The van der Waals surface area contributed by atoms with E-state index in [0.29, 0.717) is 5.69 Å². The Kier molecular flexibility index (Phi) is 6.89. The van der Waals surface area contributed by atoms with Crippen LogP contribution in [0, 0.1) is 10.1 Å². The van der Waals surface area contributed by atoms with Crippen LogP contribution in [0.5, 0.6) is 0 Å². The van der Waals surface area contributed by atoms with Crippen LogP contribution in [-0.4, -0.2) is 4.92 Å². The molecular formula is C36H26N2O2. The molecule has 1 N–H and O–H groups in total. The van der Waals surface area contributed by atoms with Gasteiger partial charge in [-0.05, 0) is 39.4 Å². The quantitative estimate of drug-likeness (QED) is 0.169. The molecule has 0 aliphatic heterocycles. The summed E-state index contributed by atoms with van der Waals surface area (Å²) in [7, 11) is 0. The highest BCUT2D eigenvalue weighted by atomic mass is 16.6. The summed E-state index contributed by atoms with van der Waals surface area (Å²) >= 11 is 0. The zero-order valence-electron chi connectivity index (χ0n) is 21.7. The molecule has 0 unspecified atom stereocenters. The van der Waals surface area contributed by atoms with Gasteiger partial charge in [0.2, 0.25) is 0 Å². The van der Waals surface area contributed by atoms with Crippen LogP contribution in [-0.2, 0) is 0 Å². The van der Waals surface area contributed by atoms with Gasteiger partial charge in [0.25, 0.3) is 5.69 Å². The van der Waals surface area contributed by atoms with E-state index in [2.05, 4.69) is 72.0 Å². The number of nitrogens with zero attached hydrogens (tertiary/aromatic N) is 1. The lowest BCUT2D eigenvalue weighted by atomic mass is 9.88. The van der Waals surface area contributed by atoms with Crippen LogP contribution in [0.1, 0.15) is 0 Å². The van der Waals surface area contributed by atoms with Crippen LogP contribution in [0.2, 0.25) is 0 Å². The lowest BCUT2D eigenvalue weighted by molar-refractivity contribution is -0.383. The molecule has 192 valence electrons. The molecular weight excluding hydrogens is 492 g/mol. The molecule has 4 nitrogen and oxygen atoms in total. The average Bonchev–Trinajstić information content (AvgIpc) is 3.02. The van der Waals surface area contributed by atoms with E-state index in [1.54, 1.807) is 12.1 Å². The zero-order valence-corrected chi connectivity index (χ0v) is 21.7. The normalized spacial score (nSPS) is 10.7. The van der Waals surface area contributed by atoms with E-state index in [9.17, 15) is 10.1 Å². The molecule has 0 aliphatic rings. The summed E-state index contributed by atoms with van der Waals surface area (Å²) in [6, 6.07) is 50.1. The Hall–Kier alpha value is -5.48. The molecule has 0 saturated carbocycles. The van der Waals surface area contributed by atoms with Crippen LogP contribution in [0.4, 0.5) is 17.1 Å². The van der Waals surface area contributed by atoms with Crippen LogP contribution in [0.15, 0.2) is 152 Å². The average molecular weight is 519 g/mol. The molecule has 4 heteroatoms. The van der Waals surface area contributed by atoms with Gasteiger partial charge in [0.15, 0.2) is 0 Å². The van der Waals surface area contributed by atoms with E-state index in [-0.39, 0.29) is 10.6 Å². The Balaban J connectivity index is 1.63. The maximum Gasteiger partial charge on any atom is 0.292 e. The number of para-hydroxylation sites is 3. The Morgan fingerprint density at radius 1 is 0.425 bits per heavy atom. The minimum Gasteiger partial charge on any atom is -0.349 e. The molecule has 6 aromatic rings. The van der Waals surface area contributed by atoms with Gasteiger partial charge in [0.05, 0.1) is 10.6 Å². The van der Waals surface area contributed by atoms with Crippen LogP contribution >= 0.6 is 0 Å². The first kappa shape index (κ1) is 24.8. The standard InChI is InChI=1S/C36H26N2O2/c39-38(40)35-25-12-11-24-34(35)37-36-32(30-20-9-7-18-28(30)26-14-3-1-4-15-26)22-13-23-33(36)31-21-10-8-19-29(31)27-16-5-2-6-17-27/h1-25,37H. The van der Waals surface area contributed by atoms with Crippen molar-refractivity contribution in [1.82, 2.24) is 0 Å². The van der Waals surface area contributed by atoms with Gasteiger partial charge in [-0.1, -0.05) is 140 Å². The molecule has 0 saturated heterocycles. The maximum absolute atomic E-state index is 12.0. The fourth-order valence-electron chi connectivity index (χ4n) is 5.18. The third kappa shape index (κ3) is 4.86. The van der Waals surface area contributed by atoms with Gasteiger partial charge in [-0.15, -0.1) is 0 Å². The Labute approximate surface area is 233 Å². The monoisotopic (exact) mass is 518 g/mol. The number of nitrogens with one attached hydrogen (secondary N) is 1. The van der Waals surface area contributed by atoms with Gasteiger partial charge in [-0.2, -0.15) is 0 Å². The van der Waals surface area contributed by atoms with Crippen molar-refractivity contribution in [2.75, 3.05) is 5.32 Å². The second-order valence-electron chi connectivity index (χ2n) is 9.45.